The van der Waals surface area contributed by atoms with E-state index in [2.05, 4.69) is 133 Å². The third kappa shape index (κ3) is 4.53. The number of nitrogens with one attached hydrogen (secondary N) is 2. The minimum Gasteiger partial charge on any atom is -0.361 e. The van der Waals surface area contributed by atoms with Gasteiger partial charge in [-0.1, -0.05) is 96.1 Å². The second-order valence-corrected chi connectivity index (χ2v) is 10.5. The molecule has 2 heterocycles. The molecule has 1 unspecified atom stereocenters. The van der Waals surface area contributed by atoms with Crippen molar-refractivity contribution >= 4 is 33.1 Å². The number of H-pyrrole nitrogens is 1. The maximum Gasteiger partial charge on any atom is 0.134 e. The van der Waals surface area contributed by atoms with Crippen molar-refractivity contribution in [2.45, 2.75) is 19.9 Å². The lowest BCUT2D eigenvalue weighted by molar-refractivity contribution is 0.781. The summed E-state index contributed by atoms with van der Waals surface area (Å²) in [6.45, 7) is 4.27. The summed E-state index contributed by atoms with van der Waals surface area (Å²) in [5.41, 5.74) is 9.21. The minimum absolute atomic E-state index is 0.00683. The average molecular weight is 504 g/mol. The molecule has 7 rings (SSSR count). The SMILES string of the molecule is Cc1ccc2cc(C3=CC(c4ccc(-c5ccc[nH]5)cc4)NC(c4ccc5cc(C)ccc5c4)=N3)ccc2c1. The monoisotopic (exact) mass is 503 g/mol. The number of rotatable bonds is 4. The molecule has 0 bridgehead atoms. The lowest BCUT2D eigenvalue weighted by Gasteiger charge is -2.25. The van der Waals surface area contributed by atoms with Crippen LogP contribution in [0.25, 0.3) is 38.5 Å². The molecule has 0 saturated carbocycles. The largest absolute Gasteiger partial charge is 0.361 e. The molecule has 39 heavy (non-hydrogen) atoms. The quantitative estimate of drug-likeness (QED) is 0.248. The number of hydrogen-bond acceptors (Lipinski definition) is 2. The van der Waals surface area contributed by atoms with Gasteiger partial charge in [-0.05, 0) is 76.9 Å². The number of hydrogen-bond donors (Lipinski definition) is 2. The van der Waals surface area contributed by atoms with Crippen molar-refractivity contribution in [3.05, 3.63) is 149 Å². The molecule has 0 fully saturated rings. The fourth-order valence-corrected chi connectivity index (χ4v) is 5.44. The Kier molecular flexibility index (Phi) is 5.63. The average Bonchev–Trinajstić information content (AvgIpc) is 3.52. The minimum atomic E-state index is -0.00683. The van der Waals surface area contributed by atoms with Gasteiger partial charge in [0.05, 0.1) is 11.7 Å². The van der Waals surface area contributed by atoms with Crippen molar-refractivity contribution in [1.29, 1.82) is 0 Å². The number of aromatic nitrogens is 1. The summed E-state index contributed by atoms with van der Waals surface area (Å²) in [6.07, 6.45) is 4.20. The highest BCUT2D eigenvalue weighted by Crippen LogP contribution is 2.31. The zero-order valence-electron chi connectivity index (χ0n) is 22.1. The molecule has 0 radical (unpaired) electrons. The van der Waals surface area contributed by atoms with Gasteiger partial charge < -0.3 is 10.3 Å². The number of aryl methyl sites for hydroxylation is 2. The molecule has 0 saturated heterocycles. The third-order valence-electron chi connectivity index (χ3n) is 7.59. The molecule has 0 spiro atoms. The zero-order valence-corrected chi connectivity index (χ0v) is 22.1. The first kappa shape index (κ1) is 23.2. The first-order chi connectivity index (χ1) is 19.1. The maximum atomic E-state index is 5.17. The van der Waals surface area contributed by atoms with E-state index in [1.807, 2.05) is 12.3 Å². The van der Waals surface area contributed by atoms with Gasteiger partial charge in [0.2, 0.25) is 0 Å². The normalized spacial score (nSPS) is 15.2. The summed E-state index contributed by atoms with van der Waals surface area (Å²) >= 11 is 0. The van der Waals surface area contributed by atoms with Gasteiger partial charge in [-0.25, -0.2) is 4.99 Å². The number of benzene rings is 5. The van der Waals surface area contributed by atoms with Crippen LogP contribution in [-0.2, 0) is 0 Å². The van der Waals surface area contributed by atoms with Crippen LogP contribution in [0.1, 0.15) is 33.9 Å². The van der Waals surface area contributed by atoms with E-state index in [1.54, 1.807) is 0 Å². The highest BCUT2D eigenvalue weighted by atomic mass is 15.0. The molecular weight excluding hydrogens is 474 g/mol. The number of fused-ring (bicyclic) bond motifs is 2. The molecule has 1 aliphatic heterocycles. The van der Waals surface area contributed by atoms with Gasteiger partial charge in [-0.15, -0.1) is 0 Å². The molecule has 0 amide bonds. The zero-order chi connectivity index (χ0) is 26.3. The summed E-state index contributed by atoms with van der Waals surface area (Å²) in [5.74, 6) is 0.887. The van der Waals surface area contributed by atoms with E-state index in [4.69, 9.17) is 4.99 Å². The first-order valence-electron chi connectivity index (χ1n) is 13.4. The standard InChI is InChI=1S/C36H29N3/c1-23-5-7-29-20-31(15-13-27(29)18-23)35-22-34(26-11-9-25(10-12-26)33-4-3-17-37-33)38-36(39-35)32-16-14-28-19-24(2)6-8-30(28)21-32/h3-22,34,37H,1-2H3,(H,38,39). The Labute approximate surface area is 228 Å². The summed E-state index contributed by atoms with van der Waals surface area (Å²) in [5, 5.41) is 8.66. The van der Waals surface area contributed by atoms with Crippen LogP contribution in [-0.4, -0.2) is 10.8 Å². The Bertz CT molecular complexity index is 1890. The summed E-state index contributed by atoms with van der Waals surface area (Å²) < 4.78 is 0. The van der Waals surface area contributed by atoms with Crippen LogP contribution in [0.3, 0.4) is 0 Å². The summed E-state index contributed by atoms with van der Waals surface area (Å²) in [7, 11) is 0. The fourth-order valence-electron chi connectivity index (χ4n) is 5.44. The second-order valence-electron chi connectivity index (χ2n) is 10.5. The van der Waals surface area contributed by atoms with Crippen LogP contribution in [0.4, 0.5) is 0 Å². The van der Waals surface area contributed by atoms with E-state index in [9.17, 15) is 0 Å². The first-order valence-corrected chi connectivity index (χ1v) is 13.4. The Morgan fingerprint density at radius 3 is 1.85 bits per heavy atom. The predicted molar refractivity (Wildman–Crippen MR) is 164 cm³/mol. The van der Waals surface area contributed by atoms with Crippen LogP contribution in [0.2, 0.25) is 0 Å². The van der Waals surface area contributed by atoms with Crippen LogP contribution in [0.5, 0.6) is 0 Å². The van der Waals surface area contributed by atoms with E-state index < -0.39 is 0 Å². The molecule has 188 valence electrons. The van der Waals surface area contributed by atoms with Gasteiger partial charge in [0.1, 0.15) is 5.84 Å². The summed E-state index contributed by atoms with van der Waals surface area (Å²) in [6, 6.07) is 39.3. The van der Waals surface area contributed by atoms with E-state index in [1.165, 1.54) is 43.8 Å². The smallest absolute Gasteiger partial charge is 0.134 e. The molecule has 1 aromatic heterocycles. The Hall–Kier alpha value is -4.89. The molecule has 3 heteroatoms. The lowest BCUT2D eigenvalue weighted by atomic mass is 9.97. The Morgan fingerprint density at radius 2 is 1.18 bits per heavy atom. The van der Waals surface area contributed by atoms with E-state index in [0.29, 0.717) is 0 Å². The molecule has 3 nitrogen and oxygen atoms in total. The van der Waals surface area contributed by atoms with Crippen molar-refractivity contribution < 1.29 is 0 Å². The highest BCUT2D eigenvalue weighted by Gasteiger charge is 2.20. The van der Waals surface area contributed by atoms with Crippen molar-refractivity contribution in [3.8, 4) is 11.3 Å². The lowest BCUT2D eigenvalue weighted by Crippen LogP contribution is -2.31. The molecule has 2 N–H and O–H groups in total. The molecule has 0 aliphatic carbocycles. The second kappa shape index (κ2) is 9.45. The maximum absolute atomic E-state index is 5.17. The van der Waals surface area contributed by atoms with Crippen LogP contribution < -0.4 is 5.32 Å². The summed E-state index contributed by atoms with van der Waals surface area (Å²) in [4.78, 5) is 8.47. The number of aromatic amines is 1. The van der Waals surface area contributed by atoms with Crippen molar-refractivity contribution in [2.24, 2.45) is 4.99 Å². The molecular formula is C36H29N3. The van der Waals surface area contributed by atoms with Gasteiger partial charge in [-0.2, -0.15) is 0 Å². The number of aliphatic imine (C=N–C) groups is 1. The topological polar surface area (TPSA) is 40.2 Å². The molecule has 1 atom stereocenters. The van der Waals surface area contributed by atoms with Crippen LogP contribution >= 0.6 is 0 Å². The van der Waals surface area contributed by atoms with E-state index in [-0.39, 0.29) is 6.04 Å². The van der Waals surface area contributed by atoms with Gasteiger partial charge in [0.25, 0.3) is 0 Å². The van der Waals surface area contributed by atoms with Crippen LogP contribution in [0, 0.1) is 13.8 Å². The third-order valence-corrected chi connectivity index (χ3v) is 7.59. The highest BCUT2D eigenvalue weighted by molar-refractivity contribution is 6.06. The Morgan fingerprint density at radius 1 is 0.590 bits per heavy atom. The van der Waals surface area contributed by atoms with E-state index in [0.717, 1.165) is 28.4 Å². The van der Waals surface area contributed by atoms with Gasteiger partial charge in [-0.3, -0.25) is 0 Å². The molecule has 6 aromatic rings. The molecule has 1 aliphatic rings. The van der Waals surface area contributed by atoms with Crippen molar-refractivity contribution in [1.82, 2.24) is 10.3 Å². The van der Waals surface area contributed by atoms with E-state index >= 15 is 0 Å². The number of amidine groups is 1. The predicted octanol–water partition coefficient (Wildman–Crippen LogP) is 8.74. The van der Waals surface area contributed by atoms with Crippen molar-refractivity contribution in [2.75, 3.05) is 0 Å². The van der Waals surface area contributed by atoms with Gasteiger partial charge in [0, 0.05) is 23.0 Å². The van der Waals surface area contributed by atoms with Gasteiger partial charge in [0.15, 0.2) is 0 Å². The van der Waals surface area contributed by atoms with Gasteiger partial charge >= 0.3 is 0 Å². The van der Waals surface area contributed by atoms with Crippen LogP contribution in [0.15, 0.2) is 126 Å². The fraction of sp³-hybridized carbons (Fsp3) is 0.0833. The van der Waals surface area contributed by atoms with Crippen molar-refractivity contribution in [3.63, 3.8) is 0 Å². The Balaban J connectivity index is 1.32. The number of nitrogens with zero attached hydrogens (tertiary/aromatic N) is 1. The molecule has 5 aromatic carbocycles.